The molecule has 1 aliphatic heterocycles. The minimum absolute atomic E-state index is 0.137. The van der Waals surface area contributed by atoms with Gasteiger partial charge in [-0.2, -0.15) is 5.10 Å². The smallest absolute Gasteiger partial charge is 0.318 e. The summed E-state index contributed by atoms with van der Waals surface area (Å²) in [6.45, 7) is 1.46. The molecule has 0 saturated carbocycles. The van der Waals surface area contributed by atoms with Crippen LogP contribution in [0.1, 0.15) is 16.8 Å². The van der Waals surface area contributed by atoms with Crippen molar-refractivity contribution in [2.24, 2.45) is 7.05 Å². The van der Waals surface area contributed by atoms with Crippen LogP contribution in [0.15, 0.2) is 24.3 Å². The van der Waals surface area contributed by atoms with E-state index in [4.69, 9.17) is 5.73 Å². The number of urea groups is 1. The standard InChI is InChI=1S/C15H18FN5O/c1-20-14(17)12-8-21(9-13(12)19-20)15(22)18-7-6-10-2-4-11(16)5-3-10/h2-5H,6-9,17H2,1H3,(H,18,22). The Labute approximate surface area is 127 Å². The quantitative estimate of drug-likeness (QED) is 0.900. The van der Waals surface area contributed by atoms with E-state index < -0.39 is 0 Å². The van der Waals surface area contributed by atoms with Crippen molar-refractivity contribution in [3.8, 4) is 0 Å². The minimum atomic E-state index is -0.256. The van der Waals surface area contributed by atoms with Gasteiger partial charge in [0.1, 0.15) is 11.6 Å². The third-order valence-corrected chi connectivity index (χ3v) is 3.86. The number of nitrogens with two attached hydrogens (primary N) is 1. The Kier molecular flexibility index (Phi) is 3.70. The van der Waals surface area contributed by atoms with E-state index >= 15 is 0 Å². The van der Waals surface area contributed by atoms with Gasteiger partial charge in [0.05, 0.1) is 18.8 Å². The summed E-state index contributed by atoms with van der Waals surface area (Å²) in [5.41, 5.74) is 8.68. The topological polar surface area (TPSA) is 76.2 Å². The van der Waals surface area contributed by atoms with Gasteiger partial charge in [-0.05, 0) is 24.1 Å². The number of carbonyl (C=O) groups is 1. The molecule has 2 aromatic rings. The lowest BCUT2D eigenvalue weighted by Crippen LogP contribution is -2.37. The Bertz CT molecular complexity index is 695. The lowest BCUT2D eigenvalue weighted by molar-refractivity contribution is 0.198. The summed E-state index contributed by atoms with van der Waals surface area (Å²) in [7, 11) is 1.79. The lowest BCUT2D eigenvalue weighted by Gasteiger charge is -2.17. The van der Waals surface area contributed by atoms with E-state index in [0.717, 1.165) is 16.8 Å². The van der Waals surface area contributed by atoms with Gasteiger partial charge in [-0.3, -0.25) is 4.68 Å². The highest BCUT2D eigenvalue weighted by molar-refractivity contribution is 5.75. The second-order valence-corrected chi connectivity index (χ2v) is 5.40. The number of benzene rings is 1. The first-order valence-corrected chi connectivity index (χ1v) is 7.12. The summed E-state index contributed by atoms with van der Waals surface area (Å²) in [6.07, 6.45) is 0.661. The Balaban J connectivity index is 1.50. The van der Waals surface area contributed by atoms with E-state index in [9.17, 15) is 9.18 Å². The number of hydrogen-bond donors (Lipinski definition) is 2. The van der Waals surface area contributed by atoms with Gasteiger partial charge < -0.3 is 16.0 Å². The first kappa shape index (κ1) is 14.4. The van der Waals surface area contributed by atoms with E-state index in [1.165, 1.54) is 12.1 Å². The third kappa shape index (κ3) is 2.74. The van der Waals surface area contributed by atoms with Crippen LogP contribution in [0.5, 0.6) is 0 Å². The SMILES string of the molecule is Cn1nc2c(c1N)CN(C(=O)NCCc1ccc(F)cc1)C2. The number of amides is 2. The number of nitrogens with zero attached hydrogens (tertiary/aromatic N) is 3. The molecule has 0 atom stereocenters. The molecule has 1 aliphatic rings. The van der Waals surface area contributed by atoms with E-state index in [2.05, 4.69) is 10.4 Å². The average molecular weight is 303 g/mol. The Morgan fingerprint density at radius 1 is 1.36 bits per heavy atom. The number of aryl methyl sites for hydroxylation is 1. The van der Waals surface area contributed by atoms with Crippen molar-refractivity contribution >= 4 is 11.8 Å². The van der Waals surface area contributed by atoms with Gasteiger partial charge in [0, 0.05) is 19.2 Å². The van der Waals surface area contributed by atoms with Gasteiger partial charge in [0.15, 0.2) is 0 Å². The predicted molar refractivity (Wildman–Crippen MR) is 80.4 cm³/mol. The van der Waals surface area contributed by atoms with Crippen molar-refractivity contribution < 1.29 is 9.18 Å². The fourth-order valence-electron chi connectivity index (χ4n) is 2.59. The number of anilines is 1. The normalized spacial score (nSPS) is 13.3. The van der Waals surface area contributed by atoms with Crippen LogP contribution < -0.4 is 11.1 Å². The molecule has 0 fully saturated rings. The maximum absolute atomic E-state index is 12.8. The summed E-state index contributed by atoms with van der Waals surface area (Å²) in [5, 5.41) is 7.16. The molecule has 7 heteroatoms. The number of hydrogen-bond acceptors (Lipinski definition) is 3. The second kappa shape index (κ2) is 5.67. The van der Waals surface area contributed by atoms with Crippen LogP contribution in [-0.4, -0.2) is 27.3 Å². The van der Waals surface area contributed by atoms with E-state index in [1.807, 2.05) is 0 Å². The zero-order chi connectivity index (χ0) is 15.7. The lowest BCUT2D eigenvalue weighted by atomic mass is 10.1. The molecule has 1 aromatic carbocycles. The van der Waals surface area contributed by atoms with Crippen LogP contribution >= 0.6 is 0 Å². The van der Waals surface area contributed by atoms with E-state index in [0.29, 0.717) is 31.9 Å². The molecule has 116 valence electrons. The van der Waals surface area contributed by atoms with Crippen LogP contribution in [0.25, 0.3) is 0 Å². The molecule has 1 aromatic heterocycles. The van der Waals surface area contributed by atoms with Crippen molar-refractivity contribution in [3.63, 3.8) is 0 Å². The fourth-order valence-corrected chi connectivity index (χ4v) is 2.59. The molecule has 2 amide bonds. The van der Waals surface area contributed by atoms with Crippen LogP contribution in [0.3, 0.4) is 0 Å². The van der Waals surface area contributed by atoms with Gasteiger partial charge in [-0.25, -0.2) is 9.18 Å². The highest BCUT2D eigenvalue weighted by Crippen LogP contribution is 2.26. The molecule has 0 radical (unpaired) electrons. The molecule has 0 bridgehead atoms. The van der Waals surface area contributed by atoms with Crippen molar-refractivity contribution in [2.45, 2.75) is 19.5 Å². The average Bonchev–Trinajstić information content (AvgIpc) is 3.02. The summed E-state index contributed by atoms with van der Waals surface area (Å²) >= 11 is 0. The molecule has 3 rings (SSSR count). The highest BCUT2D eigenvalue weighted by Gasteiger charge is 2.28. The van der Waals surface area contributed by atoms with Crippen LogP contribution in [-0.2, 0) is 26.6 Å². The maximum atomic E-state index is 12.8. The van der Waals surface area contributed by atoms with Gasteiger partial charge in [-0.1, -0.05) is 12.1 Å². The Morgan fingerprint density at radius 2 is 2.09 bits per heavy atom. The van der Waals surface area contributed by atoms with E-state index in [1.54, 1.807) is 28.8 Å². The molecule has 0 unspecified atom stereocenters. The minimum Gasteiger partial charge on any atom is -0.384 e. The number of nitrogen functional groups attached to an aromatic ring is 1. The molecular weight excluding hydrogens is 285 g/mol. The second-order valence-electron chi connectivity index (χ2n) is 5.40. The number of nitrogens with one attached hydrogen (secondary N) is 1. The van der Waals surface area contributed by atoms with Gasteiger partial charge >= 0.3 is 6.03 Å². The molecule has 0 aliphatic carbocycles. The number of aromatic nitrogens is 2. The summed E-state index contributed by atoms with van der Waals surface area (Å²) < 4.78 is 14.4. The number of carbonyl (C=O) groups excluding carboxylic acids is 1. The van der Waals surface area contributed by atoms with Crippen LogP contribution in [0.4, 0.5) is 15.0 Å². The highest BCUT2D eigenvalue weighted by atomic mass is 19.1. The first-order valence-electron chi connectivity index (χ1n) is 7.12. The fraction of sp³-hybridized carbons (Fsp3) is 0.333. The van der Waals surface area contributed by atoms with Crippen molar-refractivity contribution in [3.05, 3.63) is 46.9 Å². The summed E-state index contributed by atoms with van der Waals surface area (Å²) in [6, 6.07) is 6.14. The van der Waals surface area contributed by atoms with Gasteiger partial charge in [0.25, 0.3) is 0 Å². The van der Waals surface area contributed by atoms with Gasteiger partial charge in [-0.15, -0.1) is 0 Å². The molecular formula is C15H18FN5O. The van der Waals surface area contributed by atoms with Crippen LogP contribution in [0, 0.1) is 5.82 Å². The molecule has 22 heavy (non-hydrogen) atoms. The zero-order valence-corrected chi connectivity index (χ0v) is 12.3. The Morgan fingerprint density at radius 3 is 2.77 bits per heavy atom. The number of fused-ring (bicyclic) bond motifs is 1. The summed E-state index contributed by atoms with van der Waals surface area (Å²) in [5.74, 6) is 0.351. The van der Waals surface area contributed by atoms with Crippen LogP contribution in [0.2, 0.25) is 0 Å². The van der Waals surface area contributed by atoms with Crippen molar-refractivity contribution in [2.75, 3.05) is 12.3 Å². The van der Waals surface area contributed by atoms with E-state index in [-0.39, 0.29) is 11.8 Å². The maximum Gasteiger partial charge on any atom is 0.318 e. The van der Waals surface area contributed by atoms with Crippen molar-refractivity contribution in [1.82, 2.24) is 20.0 Å². The molecule has 3 N–H and O–H groups in total. The monoisotopic (exact) mass is 303 g/mol. The predicted octanol–water partition coefficient (Wildman–Crippen LogP) is 1.41. The molecule has 2 heterocycles. The number of rotatable bonds is 3. The molecule has 0 spiro atoms. The van der Waals surface area contributed by atoms with Gasteiger partial charge in [0.2, 0.25) is 0 Å². The first-order chi connectivity index (χ1) is 10.5. The third-order valence-electron chi connectivity index (χ3n) is 3.86. The summed E-state index contributed by atoms with van der Waals surface area (Å²) in [4.78, 5) is 13.8. The Hall–Kier alpha value is -2.57. The zero-order valence-electron chi connectivity index (χ0n) is 12.3. The molecule has 0 saturated heterocycles. The largest absolute Gasteiger partial charge is 0.384 e. The number of halogens is 1. The van der Waals surface area contributed by atoms with Crippen molar-refractivity contribution in [1.29, 1.82) is 0 Å². The molecule has 6 nitrogen and oxygen atoms in total.